The first-order chi connectivity index (χ1) is 17.0. The number of Topliss-reactive ketones (excluding diaryl/α,β-unsaturated/α-hetero) is 1. The van der Waals surface area contributed by atoms with E-state index in [1.165, 1.54) is 0 Å². The maximum Gasteiger partial charge on any atom is 0.243 e. The van der Waals surface area contributed by atoms with E-state index in [0.29, 0.717) is 19.3 Å². The molecule has 1 aliphatic heterocycles. The number of allylic oxidation sites excluding steroid dienone is 1. The number of rotatable bonds is 0. The van der Waals surface area contributed by atoms with Gasteiger partial charge in [-0.05, 0) is 80.1 Å². The van der Waals surface area contributed by atoms with Gasteiger partial charge in [0.25, 0.3) is 0 Å². The smallest absolute Gasteiger partial charge is 0.243 e. The van der Waals surface area contributed by atoms with Crippen LogP contribution in [0.5, 0.6) is 0 Å². The number of carbonyl (C=O) groups excluding carboxylic acids is 2. The number of hydrogen-bond donors (Lipinski definition) is 1. The van der Waals surface area contributed by atoms with Gasteiger partial charge in [-0.3, -0.25) is 9.59 Å². The van der Waals surface area contributed by atoms with Crippen LogP contribution in [0.3, 0.4) is 0 Å². The summed E-state index contributed by atoms with van der Waals surface area (Å²) in [5.41, 5.74) is -4.04. The first-order valence-electron chi connectivity index (χ1n) is 14.0. The van der Waals surface area contributed by atoms with Crippen LogP contribution in [0.15, 0.2) is 11.6 Å². The second-order valence-corrected chi connectivity index (χ2v) is 15.1. The Hall–Kier alpha value is -2.02. The molecule has 5 fully saturated rings. The van der Waals surface area contributed by atoms with Crippen molar-refractivity contribution in [1.29, 1.82) is 10.5 Å². The zero-order valence-electron chi connectivity index (χ0n) is 23.3. The molecule has 37 heavy (non-hydrogen) atoms. The molecule has 198 valence electrons. The Bertz CT molecular complexity index is 1250. The molecule has 6 heteroatoms. The van der Waals surface area contributed by atoms with E-state index in [2.05, 4.69) is 39.8 Å². The maximum atomic E-state index is 14.2. The van der Waals surface area contributed by atoms with E-state index in [4.69, 9.17) is 4.74 Å². The summed E-state index contributed by atoms with van der Waals surface area (Å²) in [4.78, 5) is 27.8. The van der Waals surface area contributed by atoms with Crippen LogP contribution in [0, 0.1) is 73.4 Å². The van der Waals surface area contributed by atoms with Gasteiger partial charge in [-0.25, -0.2) is 0 Å². The lowest BCUT2D eigenvalue weighted by Gasteiger charge is -2.66. The average molecular weight is 505 g/mol. The number of hydrogen-bond acceptors (Lipinski definition) is 6. The van der Waals surface area contributed by atoms with Crippen LogP contribution in [0.25, 0.3) is 0 Å². The van der Waals surface area contributed by atoms with Gasteiger partial charge in [-0.15, -0.1) is 0 Å². The van der Waals surface area contributed by atoms with Crippen LogP contribution in [0.4, 0.5) is 0 Å². The standard InChI is InChI=1S/C31H40N2O4/c1-25(2)13-18-23-17(8-11-30(18,15-32)14-22(25)35)27(5)10-9-20-26(3,4)24(36)31(16-33)29(7,37-31)28(20,6)21(27)12-19(23)34/h12,17-18,20,22-23,35H,8-11,13-14H2,1-7H3/t17?,18-,20-,22?,23-,27-,28-,29+,30-,31?/m0/s1. The van der Waals surface area contributed by atoms with E-state index < -0.39 is 33.6 Å². The summed E-state index contributed by atoms with van der Waals surface area (Å²) in [6.07, 6.45) is 5.56. The Morgan fingerprint density at radius 3 is 2.24 bits per heavy atom. The molecule has 3 unspecified atom stereocenters. The van der Waals surface area contributed by atoms with Crippen LogP contribution in [0.1, 0.15) is 87.0 Å². The molecule has 4 saturated carbocycles. The largest absolute Gasteiger partial charge is 0.393 e. The maximum absolute atomic E-state index is 14.2. The minimum atomic E-state index is -1.47. The lowest BCUT2D eigenvalue weighted by atomic mass is 9.35. The third kappa shape index (κ3) is 2.50. The molecule has 0 bridgehead atoms. The molecule has 5 aliphatic carbocycles. The normalized spacial score (nSPS) is 54.6. The van der Waals surface area contributed by atoms with Crippen LogP contribution >= 0.6 is 0 Å². The summed E-state index contributed by atoms with van der Waals surface area (Å²) in [7, 11) is 0. The number of aliphatic hydroxyl groups excluding tert-OH is 1. The van der Waals surface area contributed by atoms with Crippen LogP contribution in [-0.2, 0) is 14.3 Å². The summed E-state index contributed by atoms with van der Waals surface area (Å²) in [6, 6.07) is 4.85. The van der Waals surface area contributed by atoms with Crippen molar-refractivity contribution in [2.75, 3.05) is 0 Å². The quantitative estimate of drug-likeness (QED) is 0.469. The third-order valence-corrected chi connectivity index (χ3v) is 13.1. The lowest BCUT2D eigenvalue weighted by Crippen LogP contribution is -2.67. The second-order valence-electron chi connectivity index (χ2n) is 15.1. The van der Waals surface area contributed by atoms with Crippen LogP contribution in [-0.4, -0.2) is 34.0 Å². The van der Waals surface area contributed by atoms with Crippen molar-refractivity contribution in [1.82, 2.24) is 0 Å². The molecule has 6 aliphatic rings. The Balaban J connectivity index is 1.51. The van der Waals surface area contributed by atoms with Gasteiger partial charge in [0, 0.05) is 16.7 Å². The van der Waals surface area contributed by atoms with E-state index in [1.807, 2.05) is 26.8 Å². The zero-order valence-corrected chi connectivity index (χ0v) is 23.3. The van der Waals surface area contributed by atoms with Gasteiger partial charge < -0.3 is 9.84 Å². The summed E-state index contributed by atoms with van der Waals surface area (Å²) >= 11 is 0. The number of fused-ring (bicyclic) bond motifs is 9. The number of ketones is 2. The monoisotopic (exact) mass is 504 g/mol. The SMILES string of the molecule is CC1(C)C[C@H]2[C@H]3C(=O)C=C4[C@@](C)(CC[C@H]5C(C)(C)C(=O)C6(C#N)O[C@]6(C)[C@]45C)C3CC[C@@]2(C#N)CC1O. The highest BCUT2D eigenvalue weighted by molar-refractivity contribution is 6.02. The average Bonchev–Trinajstić information content (AvgIpc) is 3.47. The molecule has 10 atom stereocenters. The molecule has 1 heterocycles. The Morgan fingerprint density at radius 1 is 0.946 bits per heavy atom. The van der Waals surface area contributed by atoms with Gasteiger partial charge in [0.05, 0.1) is 17.6 Å². The van der Waals surface area contributed by atoms with Crippen molar-refractivity contribution in [2.45, 2.75) is 104 Å². The second kappa shape index (κ2) is 6.75. The molecular formula is C31H40N2O4. The number of ether oxygens (including phenoxy) is 1. The van der Waals surface area contributed by atoms with E-state index in [-0.39, 0.29) is 46.1 Å². The van der Waals surface area contributed by atoms with Crippen molar-refractivity contribution in [2.24, 2.45) is 50.7 Å². The first kappa shape index (κ1) is 25.3. The molecule has 1 N–H and O–H groups in total. The highest BCUT2D eigenvalue weighted by Gasteiger charge is 2.88. The zero-order chi connectivity index (χ0) is 27.2. The molecule has 0 aromatic heterocycles. The van der Waals surface area contributed by atoms with Gasteiger partial charge in [-0.1, -0.05) is 47.1 Å². The predicted octanol–water partition coefficient (Wildman–Crippen LogP) is 4.91. The highest BCUT2D eigenvalue weighted by atomic mass is 16.6. The van der Waals surface area contributed by atoms with Gasteiger partial charge in [0.2, 0.25) is 5.60 Å². The summed E-state index contributed by atoms with van der Waals surface area (Å²) in [6.45, 7) is 14.4. The molecule has 6 nitrogen and oxygen atoms in total. The van der Waals surface area contributed by atoms with Crippen LogP contribution < -0.4 is 0 Å². The number of epoxide rings is 1. The van der Waals surface area contributed by atoms with Gasteiger partial charge in [0.15, 0.2) is 11.6 Å². The molecule has 0 aromatic carbocycles. The van der Waals surface area contributed by atoms with Crippen molar-refractivity contribution in [3.8, 4) is 12.1 Å². The number of nitrogens with zero attached hydrogens (tertiary/aromatic N) is 2. The Labute approximate surface area is 220 Å². The van der Waals surface area contributed by atoms with E-state index in [0.717, 1.165) is 24.8 Å². The molecule has 0 radical (unpaired) electrons. The number of aliphatic hydroxyl groups is 1. The molecular weight excluding hydrogens is 464 g/mol. The Kier molecular flexibility index (Phi) is 4.61. The highest BCUT2D eigenvalue weighted by Crippen LogP contribution is 2.78. The minimum absolute atomic E-state index is 0.0318. The number of nitriles is 2. The van der Waals surface area contributed by atoms with Crippen molar-refractivity contribution < 1.29 is 19.4 Å². The fourth-order valence-corrected chi connectivity index (χ4v) is 10.7. The van der Waals surface area contributed by atoms with Gasteiger partial charge in [0.1, 0.15) is 11.7 Å². The van der Waals surface area contributed by atoms with Crippen molar-refractivity contribution >= 4 is 11.6 Å². The number of carbonyl (C=O) groups is 2. The van der Waals surface area contributed by atoms with Crippen molar-refractivity contribution in [3.05, 3.63) is 11.6 Å². The van der Waals surface area contributed by atoms with Crippen molar-refractivity contribution in [3.63, 3.8) is 0 Å². The molecule has 1 saturated heterocycles. The molecule has 0 spiro atoms. The van der Waals surface area contributed by atoms with Crippen LogP contribution in [0.2, 0.25) is 0 Å². The first-order valence-corrected chi connectivity index (χ1v) is 14.0. The lowest BCUT2D eigenvalue weighted by molar-refractivity contribution is -0.158. The molecule has 0 amide bonds. The fourth-order valence-electron chi connectivity index (χ4n) is 10.7. The fraction of sp³-hybridized carbons (Fsp3) is 0.806. The van der Waals surface area contributed by atoms with Gasteiger partial charge >= 0.3 is 0 Å². The molecule has 0 aromatic rings. The third-order valence-electron chi connectivity index (χ3n) is 13.1. The van der Waals surface area contributed by atoms with E-state index >= 15 is 0 Å². The Morgan fingerprint density at radius 2 is 1.62 bits per heavy atom. The topological polar surface area (TPSA) is 114 Å². The van der Waals surface area contributed by atoms with E-state index in [9.17, 15) is 25.2 Å². The predicted molar refractivity (Wildman–Crippen MR) is 135 cm³/mol. The van der Waals surface area contributed by atoms with Gasteiger partial charge in [-0.2, -0.15) is 10.5 Å². The minimum Gasteiger partial charge on any atom is -0.393 e. The summed E-state index contributed by atoms with van der Waals surface area (Å²) in [5, 5.41) is 31.5. The van der Waals surface area contributed by atoms with E-state index in [1.54, 1.807) is 0 Å². The summed E-state index contributed by atoms with van der Waals surface area (Å²) in [5.74, 6) is -0.322. The molecule has 6 rings (SSSR count). The summed E-state index contributed by atoms with van der Waals surface area (Å²) < 4.78 is 6.21.